The maximum atomic E-state index is 13.1. The number of amides is 1. The molecule has 1 atom stereocenters. The third kappa shape index (κ3) is 2.79. The highest BCUT2D eigenvalue weighted by molar-refractivity contribution is 5.99. The summed E-state index contributed by atoms with van der Waals surface area (Å²) in [6.45, 7) is 3.42. The number of nitrogens with one attached hydrogen (secondary N) is 2. The molecule has 0 radical (unpaired) electrons. The van der Waals surface area contributed by atoms with Gasteiger partial charge in [0.25, 0.3) is 5.91 Å². The van der Waals surface area contributed by atoms with Crippen molar-refractivity contribution in [1.82, 2.24) is 10.3 Å². The minimum absolute atomic E-state index is 0.206. The first-order chi connectivity index (χ1) is 9.38. The number of halogens is 1. The van der Waals surface area contributed by atoms with E-state index in [0.717, 1.165) is 0 Å². The van der Waals surface area contributed by atoms with Crippen molar-refractivity contribution in [2.24, 2.45) is 5.92 Å². The maximum absolute atomic E-state index is 13.1. The number of fused-ring (bicyclic) bond motifs is 1. The lowest BCUT2D eigenvalue weighted by molar-refractivity contribution is -0.140. The van der Waals surface area contributed by atoms with Crippen molar-refractivity contribution in [3.05, 3.63) is 35.8 Å². The average Bonchev–Trinajstić information content (AvgIpc) is 2.77. The van der Waals surface area contributed by atoms with Crippen molar-refractivity contribution >= 4 is 22.8 Å². The quantitative estimate of drug-likeness (QED) is 0.801. The highest BCUT2D eigenvalue weighted by atomic mass is 19.1. The summed E-state index contributed by atoms with van der Waals surface area (Å²) in [6, 6.07) is 4.64. The van der Waals surface area contributed by atoms with Crippen LogP contribution in [0.5, 0.6) is 0 Å². The van der Waals surface area contributed by atoms with E-state index in [2.05, 4.69) is 10.3 Å². The Balaban J connectivity index is 2.25. The van der Waals surface area contributed by atoms with Gasteiger partial charge in [0.1, 0.15) is 17.6 Å². The standard InChI is InChI=1S/C14H15FN2O3/c1-7(2)12(14(19)20)17-13(18)11-6-8-5-9(15)3-4-10(8)16-11/h3-7,12,16H,1-2H3,(H,17,18)(H,19,20)/t12-/m1/s1. The fraction of sp³-hybridized carbons (Fsp3) is 0.286. The highest BCUT2D eigenvalue weighted by Crippen LogP contribution is 2.17. The van der Waals surface area contributed by atoms with Crippen molar-refractivity contribution in [3.8, 4) is 0 Å². The van der Waals surface area contributed by atoms with Crippen LogP contribution in [0.15, 0.2) is 24.3 Å². The van der Waals surface area contributed by atoms with E-state index >= 15 is 0 Å². The summed E-state index contributed by atoms with van der Waals surface area (Å²) in [4.78, 5) is 25.9. The molecule has 106 valence electrons. The zero-order valence-corrected chi connectivity index (χ0v) is 11.1. The van der Waals surface area contributed by atoms with E-state index in [-0.39, 0.29) is 11.6 Å². The van der Waals surface area contributed by atoms with Crippen molar-refractivity contribution in [2.45, 2.75) is 19.9 Å². The summed E-state index contributed by atoms with van der Waals surface area (Å²) >= 11 is 0. The van der Waals surface area contributed by atoms with Crippen LogP contribution in [0.4, 0.5) is 4.39 Å². The van der Waals surface area contributed by atoms with Crippen LogP contribution >= 0.6 is 0 Å². The number of carboxylic acid groups (broad SMARTS) is 1. The van der Waals surface area contributed by atoms with E-state index in [9.17, 15) is 14.0 Å². The molecule has 0 saturated heterocycles. The Morgan fingerprint density at radius 2 is 2.00 bits per heavy atom. The summed E-state index contributed by atoms with van der Waals surface area (Å²) < 4.78 is 13.1. The van der Waals surface area contributed by atoms with E-state index in [1.165, 1.54) is 24.3 Å². The number of carboxylic acids is 1. The van der Waals surface area contributed by atoms with Crippen LogP contribution in [0, 0.1) is 11.7 Å². The molecule has 0 aliphatic rings. The smallest absolute Gasteiger partial charge is 0.326 e. The summed E-state index contributed by atoms with van der Waals surface area (Å²) in [5.41, 5.74) is 0.825. The van der Waals surface area contributed by atoms with Gasteiger partial charge in [0, 0.05) is 10.9 Å². The van der Waals surface area contributed by atoms with Crippen LogP contribution in [0.25, 0.3) is 10.9 Å². The Bertz CT molecular complexity index is 663. The Hall–Kier alpha value is -2.37. The molecule has 2 aromatic rings. The van der Waals surface area contributed by atoms with E-state index in [1.54, 1.807) is 13.8 Å². The lowest BCUT2D eigenvalue weighted by atomic mass is 10.0. The first-order valence-corrected chi connectivity index (χ1v) is 6.20. The number of carbonyl (C=O) groups is 2. The third-order valence-corrected chi connectivity index (χ3v) is 3.05. The van der Waals surface area contributed by atoms with Gasteiger partial charge in [-0.2, -0.15) is 0 Å². The fourth-order valence-corrected chi connectivity index (χ4v) is 1.96. The lowest BCUT2D eigenvalue weighted by Gasteiger charge is -2.17. The largest absolute Gasteiger partial charge is 0.480 e. The molecule has 1 heterocycles. The maximum Gasteiger partial charge on any atom is 0.326 e. The molecule has 0 unspecified atom stereocenters. The molecule has 3 N–H and O–H groups in total. The lowest BCUT2D eigenvalue weighted by Crippen LogP contribution is -2.44. The molecule has 20 heavy (non-hydrogen) atoms. The van der Waals surface area contributed by atoms with Gasteiger partial charge in [-0.05, 0) is 30.2 Å². The van der Waals surface area contributed by atoms with Crippen molar-refractivity contribution in [1.29, 1.82) is 0 Å². The number of hydrogen-bond acceptors (Lipinski definition) is 2. The van der Waals surface area contributed by atoms with Crippen LogP contribution in [0.1, 0.15) is 24.3 Å². The number of aromatic nitrogens is 1. The van der Waals surface area contributed by atoms with Gasteiger partial charge in [-0.25, -0.2) is 9.18 Å². The van der Waals surface area contributed by atoms with Crippen LogP contribution < -0.4 is 5.32 Å². The number of rotatable bonds is 4. The molecule has 0 aliphatic heterocycles. The third-order valence-electron chi connectivity index (χ3n) is 3.05. The predicted molar refractivity (Wildman–Crippen MR) is 72.0 cm³/mol. The highest BCUT2D eigenvalue weighted by Gasteiger charge is 2.24. The minimum atomic E-state index is -1.09. The predicted octanol–water partition coefficient (Wildman–Crippen LogP) is 2.15. The molecule has 2 rings (SSSR count). The minimum Gasteiger partial charge on any atom is -0.480 e. The second-order valence-electron chi connectivity index (χ2n) is 4.95. The van der Waals surface area contributed by atoms with Gasteiger partial charge in [0.05, 0.1) is 0 Å². The van der Waals surface area contributed by atoms with E-state index in [4.69, 9.17) is 5.11 Å². The van der Waals surface area contributed by atoms with Gasteiger partial charge < -0.3 is 15.4 Å². The summed E-state index contributed by atoms with van der Waals surface area (Å²) in [5.74, 6) is -2.24. The van der Waals surface area contributed by atoms with Gasteiger partial charge in [-0.1, -0.05) is 13.8 Å². The van der Waals surface area contributed by atoms with Crippen LogP contribution in [0.3, 0.4) is 0 Å². The first-order valence-electron chi connectivity index (χ1n) is 6.20. The van der Waals surface area contributed by atoms with Gasteiger partial charge in [-0.15, -0.1) is 0 Å². The summed E-state index contributed by atoms with van der Waals surface area (Å²) in [6.07, 6.45) is 0. The molecule has 0 aliphatic carbocycles. The summed E-state index contributed by atoms with van der Waals surface area (Å²) in [5, 5.41) is 12.0. The topological polar surface area (TPSA) is 82.2 Å². The molecule has 1 aromatic heterocycles. The fourth-order valence-electron chi connectivity index (χ4n) is 1.96. The molecular formula is C14H15FN2O3. The zero-order valence-electron chi connectivity index (χ0n) is 11.1. The SMILES string of the molecule is CC(C)[C@@H](NC(=O)c1cc2cc(F)ccc2[nH]1)C(=O)O. The second-order valence-corrected chi connectivity index (χ2v) is 4.95. The molecule has 0 spiro atoms. The molecule has 0 bridgehead atoms. The first kappa shape index (κ1) is 14.0. The van der Waals surface area contributed by atoms with Crippen molar-refractivity contribution in [3.63, 3.8) is 0 Å². The number of aromatic amines is 1. The molecule has 5 nitrogen and oxygen atoms in total. The number of hydrogen-bond donors (Lipinski definition) is 3. The number of H-pyrrole nitrogens is 1. The molecule has 0 saturated carbocycles. The van der Waals surface area contributed by atoms with E-state index < -0.39 is 23.7 Å². The number of carbonyl (C=O) groups excluding carboxylic acids is 1. The monoisotopic (exact) mass is 278 g/mol. The Kier molecular flexibility index (Phi) is 3.74. The second kappa shape index (κ2) is 5.32. The van der Waals surface area contributed by atoms with Gasteiger partial charge in [0.2, 0.25) is 0 Å². The van der Waals surface area contributed by atoms with Crippen molar-refractivity contribution in [2.75, 3.05) is 0 Å². The Labute approximate surface area is 114 Å². The molecular weight excluding hydrogens is 263 g/mol. The molecule has 1 aromatic carbocycles. The number of aliphatic carboxylic acids is 1. The van der Waals surface area contributed by atoms with Crippen molar-refractivity contribution < 1.29 is 19.1 Å². The Morgan fingerprint density at radius 3 is 2.60 bits per heavy atom. The number of benzene rings is 1. The van der Waals surface area contributed by atoms with Gasteiger partial charge >= 0.3 is 5.97 Å². The summed E-state index contributed by atoms with van der Waals surface area (Å²) in [7, 11) is 0. The molecule has 0 fully saturated rings. The average molecular weight is 278 g/mol. The van der Waals surface area contributed by atoms with Crippen LogP contribution in [0.2, 0.25) is 0 Å². The van der Waals surface area contributed by atoms with Gasteiger partial charge in [-0.3, -0.25) is 4.79 Å². The normalized spacial score (nSPS) is 12.6. The Morgan fingerprint density at radius 1 is 1.30 bits per heavy atom. The van der Waals surface area contributed by atoms with E-state index in [1.807, 2.05) is 0 Å². The van der Waals surface area contributed by atoms with Crippen LogP contribution in [-0.4, -0.2) is 28.0 Å². The van der Waals surface area contributed by atoms with E-state index in [0.29, 0.717) is 10.9 Å². The van der Waals surface area contributed by atoms with Crippen LogP contribution in [-0.2, 0) is 4.79 Å². The zero-order chi connectivity index (χ0) is 14.9. The molecule has 1 amide bonds. The molecule has 6 heteroatoms. The van der Waals surface area contributed by atoms with Gasteiger partial charge in [0.15, 0.2) is 0 Å².